The molecule has 9 rings (SSSR count). The number of methoxy groups -OCH3 is 2. The van der Waals surface area contributed by atoms with E-state index in [1.807, 2.05) is 79.4 Å². The molecule has 16 nitrogen and oxygen atoms in total. The van der Waals surface area contributed by atoms with Gasteiger partial charge in [0.15, 0.2) is 0 Å². The van der Waals surface area contributed by atoms with E-state index in [-0.39, 0.29) is 35.7 Å². The van der Waals surface area contributed by atoms with E-state index in [0.29, 0.717) is 59.4 Å². The summed E-state index contributed by atoms with van der Waals surface area (Å²) in [7, 11) is 2.54. The van der Waals surface area contributed by atoms with Gasteiger partial charge >= 0.3 is 12.2 Å². The molecule has 2 fully saturated rings. The van der Waals surface area contributed by atoms with Crippen molar-refractivity contribution in [2.45, 2.75) is 83.8 Å². The second-order valence-corrected chi connectivity index (χ2v) is 18.3. The van der Waals surface area contributed by atoms with Gasteiger partial charge in [0.1, 0.15) is 35.3 Å². The minimum atomic E-state index is -0.768. The minimum absolute atomic E-state index is 0.150. The maximum atomic E-state index is 16.7. The molecule has 0 saturated carbocycles. The number of alkyl carbamates (subject to hydrolysis) is 2. The van der Waals surface area contributed by atoms with Gasteiger partial charge in [-0.3, -0.25) is 9.59 Å². The number of benzene rings is 2. The molecule has 4 N–H and O–H groups in total. The zero-order valence-electron chi connectivity index (χ0n) is 37.0. The van der Waals surface area contributed by atoms with Crippen molar-refractivity contribution < 1.29 is 37.8 Å². The smallest absolute Gasteiger partial charge is 0.407 e. The van der Waals surface area contributed by atoms with E-state index >= 15 is 4.39 Å². The van der Waals surface area contributed by atoms with Crippen molar-refractivity contribution in [2.75, 3.05) is 27.3 Å². The van der Waals surface area contributed by atoms with Gasteiger partial charge in [-0.25, -0.2) is 23.9 Å². The van der Waals surface area contributed by atoms with Crippen molar-refractivity contribution in [2.24, 2.45) is 11.8 Å². The molecule has 0 bridgehead atoms. The molecule has 3 aliphatic heterocycles. The highest BCUT2D eigenvalue weighted by atomic mass is 32.1. The molecular formula is C47H52FN9O7S. The van der Waals surface area contributed by atoms with Crippen molar-refractivity contribution in [1.82, 2.24) is 44.9 Å². The molecule has 4 amide bonds. The maximum absolute atomic E-state index is 16.7. The zero-order chi connectivity index (χ0) is 45.7. The Kier molecular flexibility index (Phi) is 11.9. The Morgan fingerprint density at radius 3 is 1.92 bits per heavy atom. The van der Waals surface area contributed by atoms with Crippen LogP contribution in [0.15, 0.2) is 65.6 Å². The van der Waals surface area contributed by atoms with Crippen LogP contribution in [0.25, 0.3) is 44.7 Å². The Hall–Kier alpha value is -6.69. The number of halogens is 1. The second-order valence-electron chi connectivity index (χ2n) is 17.5. The van der Waals surface area contributed by atoms with Crippen LogP contribution in [-0.4, -0.2) is 97.7 Å². The van der Waals surface area contributed by atoms with Gasteiger partial charge in [-0.1, -0.05) is 33.8 Å². The van der Waals surface area contributed by atoms with Crippen molar-refractivity contribution in [3.63, 3.8) is 0 Å². The average Bonchev–Trinajstić information content (AvgIpc) is 4.15. The summed E-state index contributed by atoms with van der Waals surface area (Å²) in [6.07, 6.45) is 4.47. The Balaban J connectivity index is 1.01. The number of aromatic nitrogens is 5. The van der Waals surface area contributed by atoms with Crippen LogP contribution >= 0.6 is 11.3 Å². The molecule has 5 atom stereocenters. The first kappa shape index (κ1) is 43.6. The van der Waals surface area contributed by atoms with Gasteiger partial charge in [-0.05, 0) is 84.7 Å². The second kappa shape index (κ2) is 17.7. The Bertz CT molecular complexity index is 2760. The lowest BCUT2D eigenvalue weighted by molar-refractivity contribution is -0.136. The number of H-pyrrole nitrogens is 2. The van der Waals surface area contributed by atoms with Gasteiger partial charge in [0, 0.05) is 35.2 Å². The average molecular weight is 906 g/mol. The third-order valence-electron chi connectivity index (χ3n) is 12.7. The van der Waals surface area contributed by atoms with E-state index < -0.39 is 36.3 Å². The van der Waals surface area contributed by atoms with Crippen LogP contribution in [0.5, 0.6) is 5.75 Å². The number of nitrogens with one attached hydrogen (secondary N) is 4. The summed E-state index contributed by atoms with van der Waals surface area (Å²) >= 11 is 1.55. The molecule has 3 aliphatic rings. The van der Waals surface area contributed by atoms with Gasteiger partial charge < -0.3 is 49.2 Å². The first-order chi connectivity index (χ1) is 31.3. The number of rotatable bonds is 11. The molecule has 340 valence electrons. The Labute approximate surface area is 378 Å². The lowest BCUT2D eigenvalue weighted by Crippen LogP contribution is -2.51. The summed E-state index contributed by atoms with van der Waals surface area (Å²) < 4.78 is 35.1. The van der Waals surface area contributed by atoms with E-state index in [9.17, 15) is 19.2 Å². The van der Waals surface area contributed by atoms with E-state index in [2.05, 4.69) is 25.6 Å². The number of carbonyl (C=O) groups excluding carboxylic acids is 4. The topological polar surface area (TPSA) is 189 Å². The summed E-state index contributed by atoms with van der Waals surface area (Å²) in [5, 5.41) is 10.3. The van der Waals surface area contributed by atoms with Crippen molar-refractivity contribution in [1.29, 1.82) is 0 Å². The number of ether oxygens (including phenoxy) is 3. The number of hydrogen-bond donors (Lipinski definition) is 4. The molecule has 0 aliphatic carbocycles. The molecule has 4 aromatic heterocycles. The fourth-order valence-corrected chi connectivity index (χ4v) is 10.1. The predicted octanol–water partition coefficient (Wildman–Crippen LogP) is 8.32. The highest BCUT2D eigenvalue weighted by Crippen LogP contribution is 2.48. The highest BCUT2D eigenvalue weighted by molar-refractivity contribution is 7.08. The summed E-state index contributed by atoms with van der Waals surface area (Å²) in [6.45, 7) is 8.56. The molecular weight excluding hydrogens is 854 g/mol. The molecule has 7 heterocycles. The Morgan fingerprint density at radius 2 is 1.38 bits per heavy atom. The van der Waals surface area contributed by atoms with Gasteiger partial charge in [-0.2, -0.15) is 11.3 Å². The molecule has 6 aromatic rings. The number of carbonyl (C=O) groups is 4. The van der Waals surface area contributed by atoms with Crippen LogP contribution in [0.3, 0.4) is 0 Å². The van der Waals surface area contributed by atoms with Crippen LogP contribution in [0, 0.1) is 17.7 Å². The molecule has 65 heavy (non-hydrogen) atoms. The summed E-state index contributed by atoms with van der Waals surface area (Å²) in [5.41, 5.74) is 5.51. The SMILES string of the molecule is COC(=O)NC(C(=O)N1CCC[C@H]1c1ncc(-c2cc(F)c3c(c2)OC(c2ccsc2)n2c-3cc3cc(-c4cnc([C@@H]5CCCN5C(=O)C(NC(=O)OC)C(C)C)[nH]4)ccc32)[nH]1)C(C)C. The number of likely N-dealkylation sites (tertiary alicyclic amines) is 2. The predicted molar refractivity (Wildman–Crippen MR) is 241 cm³/mol. The molecule has 0 spiro atoms. The molecule has 2 saturated heterocycles. The maximum Gasteiger partial charge on any atom is 0.407 e. The quantitative estimate of drug-likeness (QED) is 0.0991. The summed E-state index contributed by atoms with van der Waals surface area (Å²) in [4.78, 5) is 71.4. The number of fused-ring (bicyclic) bond motifs is 5. The van der Waals surface area contributed by atoms with E-state index in [0.717, 1.165) is 47.0 Å². The number of amides is 4. The van der Waals surface area contributed by atoms with Crippen LogP contribution in [0.4, 0.5) is 14.0 Å². The van der Waals surface area contributed by atoms with E-state index in [4.69, 9.17) is 19.2 Å². The molecule has 2 aromatic carbocycles. The highest BCUT2D eigenvalue weighted by Gasteiger charge is 2.40. The third kappa shape index (κ3) is 8.08. The number of hydrogen-bond acceptors (Lipinski definition) is 10. The van der Waals surface area contributed by atoms with E-state index in [1.54, 1.807) is 33.5 Å². The normalized spacial score (nSPS) is 18.9. The van der Waals surface area contributed by atoms with Crippen LogP contribution in [0.2, 0.25) is 0 Å². The third-order valence-corrected chi connectivity index (χ3v) is 13.5. The van der Waals surface area contributed by atoms with Crippen LogP contribution in [-0.2, 0) is 19.1 Å². The fraction of sp³-hybridized carbons (Fsp3) is 0.404. The van der Waals surface area contributed by atoms with Crippen LogP contribution in [0.1, 0.15) is 88.9 Å². The minimum Gasteiger partial charge on any atom is -0.465 e. The summed E-state index contributed by atoms with van der Waals surface area (Å²) in [6, 6.07) is 11.2. The Morgan fingerprint density at radius 1 is 0.800 bits per heavy atom. The van der Waals surface area contributed by atoms with Crippen molar-refractivity contribution >= 4 is 46.2 Å². The van der Waals surface area contributed by atoms with Gasteiger partial charge in [0.05, 0.1) is 66.9 Å². The standard InChI is InChI=1S/C47H52FN9O7S/c1-24(2)39(53-46(60)62-5)43(58)55-14-7-9-34(55)41-49-21-31(51-41)26-11-12-33-29(17-26)19-36-38-30(48)18-28(20-37(38)64-45(57(33)36)27-13-16-65-23-27)32-22-50-42(52-32)35-10-8-15-56(35)44(59)40(25(3)4)54-47(61)63-6/h11-13,16-25,34-35,39-40,45H,7-10,14-15H2,1-6H3,(H,49,51)(H,50,52)(H,53,60)(H,54,61)/t34-,35-,39?,40?,45?/m0/s1. The molecule has 3 unspecified atom stereocenters. The number of nitrogens with zero attached hydrogens (tertiary/aromatic N) is 5. The summed E-state index contributed by atoms with van der Waals surface area (Å²) in [5.74, 6) is 0.422. The van der Waals surface area contributed by atoms with E-state index in [1.165, 1.54) is 20.3 Å². The largest absolute Gasteiger partial charge is 0.465 e. The van der Waals surface area contributed by atoms with Gasteiger partial charge in [-0.15, -0.1) is 0 Å². The van der Waals surface area contributed by atoms with Gasteiger partial charge in [0.25, 0.3) is 0 Å². The van der Waals surface area contributed by atoms with Crippen molar-refractivity contribution in [3.05, 3.63) is 88.6 Å². The number of thiophene rings is 1. The molecule has 18 heteroatoms. The number of aromatic amines is 2. The lowest BCUT2D eigenvalue weighted by atomic mass is 10.0. The molecule has 0 radical (unpaired) electrons. The first-order valence-corrected chi connectivity index (χ1v) is 22.9. The first-order valence-electron chi connectivity index (χ1n) is 21.9. The number of imidazole rings is 2. The van der Waals surface area contributed by atoms with Crippen LogP contribution < -0.4 is 15.4 Å². The van der Waals surface area contributed by atoms with Crippen molar-refractivity contribution in [3.8, 4) is 39.5 Å². The fourth-order valence-electron chi connectivity index (χ4n) is 9.42. The monoisotopic (exact) mass is 905 g/mol. The lowest BCUT2D eigenvalue weighted by Gasteiger charge is -2.30. The van der Waals surface area contributed by atoms with Gasteiger partial charge in [0.2, 0.25) is 18.0 Å². The zero-order valence-corrected chi connectivity index (χ0v) is 37.8.